The van der Waals surface area contributed by atoms with E-state index in [1.807, 2.05) is 0 Å². The third kappa shape index (κ3) is 4.74. The SMILES string of the molecule is CC(C)N(CC(=O)Nc1cccc(Cl)n1)C(=O)Cn1nc(C(N)=O)c2ccccc21. The Kier molecular flexibility index (Phi) is 6.31. The van der Waals surface area contributed by atoms with Gasteiger partial charge in [0.2, 0.25) is 11.8 Å². The number of nitrogens with zero attached hydrogens (tertiary/aromatic N) is 4. The fourth-order valence-corrected chi connectivity index (χ4v) is 3.19. The van der Waals surface area contributed by atoms with Crippen molar-refractivity contribution in [3.8, 4) is 0 Å². The van der Waals surface area contributed by atoms with Gasteiger partial charge in [-0.3, -0.25) is 19.1 Å². The van der Waals surface area contributed by atoms with Crippen molar-refractivity contribution in [1.29, 1.82) is 0 Å². The van der Waals surface area contributed by atoms with E-state index >= 15 is 0 Å². The molecule has 3 N–H and O–H groups in total. The zero-order valence-electron chi connectivity index (χ0n) is 16.5. The van der Waals surface area contributed by atoms with Gasteiger partial charge in [-0.05, 0) is 32.0 Å². The Morgan fingerprint density at radius 1 is 1.17 bits per heavy atom. The lowest BCUT2D eigenvalue weighted by molar-refractivity contribution is -0.137. The summed E-state index contributed by atoms with van der Waals surface area (Å²) >= 11 is 5.83. The number of fused-ring (bicyclic) bond motifs is 1. The third-order valence-corrected chi connectivity index (χ3v) is 4.63. The van der Waals surface area contributed by atoms with Crippen molar-refractivity contribution in [2.45, 2.75) is 26.4 Å². The van der Waals surface area contributed by atoms with E-state index in [4.69, 9.17) is 17.3 Å². The predicted octanol–water partition coefficient (Wildman–Crippen LogP) is 2.06. The van der Waals surface area contributed by atoms with E-state index in [9.17, 15) is 14.4 Å². The van der Waals surface area contributed by atoms with E-state index in [-0.39, 0.29) is 35.9 Å². The maximum atomic E-state index is 13.0. The molecule has 9 nitrogen and oxygen atoms in total. The number of carbonyl (C=O) groups excluding carboxylic acids is 3. The number of aromatic nitrogens is 3. The van der Waals surface area contributed by atoms with Crippen LogP contribution in [0, 0.1) is 0 Å². The van der Waals surface area contributed by atoms with Crippen LogP contribution in [0.3, 0.4) is 0 Å². The number of nitrogens with two attached hydrogens (primary N) is 1. The number of para-hydroxylation sites is 1. The van der Waals surface area contributed by atoms with Crippen LogP contribution in [0.2, 0.25) is 5.15 Å². The Morgan fingerprint density at radius 2 is 1.90 bits per heavy atom. The number of carbonyl (C=O) groups is 3. The van der Waals surface area contributed by atoms with Gasteiger partial charge in [0.1, 0.15) is 24.1 Å². The van der Waals surface area contributed by atoms with Crippen molar-refractivity contribution in [3.63, 3.8) is 0 Å². The molecule has 30 heavy (non-hydrogen) atoms. The molecule has 0 bridgehead atoms. The Bertz CT molecular complexity index is 1110. The van der Waals surface area contributed by atoms with E-state index in [0.717, 1.165) is 0 Å². The van der Waals surface area contributed by atoms with Crippen molar-refractivity contribution >= 4 is 46.0 Å². The van der Waals surface area contributed by atoms with Gasteiger partial charge in [-0.15, -0.1) is 0 Å². The molecular formula is C20H21ClN6O3. The first-order valence-corrected chi connectivity index (χ1v) is 9.61. The molecule has 2 aromatic heterocycles. The molecular weight excluding hydrogens is 408 g/mol. The van der Waals surface area contributed by atoms with Crippen LogP contribution >= 0.6 is 11.6 Å². The van der Waals surface area contributed by atoms with Crippen LogP contribution in [0.4, 0.5) is 5.82 Å². The first-order chi connectivity index (χ1) is 14.3. The Labute approximate surface area is 177 Å². The maximum absolute atomic E-state index is 13.0. The number of rotatable bonds is 7. The molecule has 3 aromatic rings. The van der Waals surface area contributed by atoms with Gasteiger partial charge in [-0.2, -0.15) is 5.10 Å². The summed E-state index contributed by atoms with van der Waals surface area (Å²) in [6.07, 6.45) is 0. The highest BCUT2D eigenvalue weighted by atomic mass is 35.5. The summed E-state index contributed by atoms with van der Waals surface area (Å²) in [4.78, 5) is 42.5. The van der Waals surface area contributed by atoms with Crippen LogP contribution in [0.15, 0.2) is 42.5 Å². The standard InChI is InChI=1S/C20H21ClN6O3/c1-12(2)26(10-17(28)24-16-9-5-8-15(21)23-16)18(29)11-27-14-7-4-3-6-13(14)19(25-27)20(22)30/h3-9,12H,10-11H2,1-2H3,(H2,22,30)(H,23,24,28). The minimum Gasteiger partial charge on any atom is -0.364 e. The zero-order valence-corrected chi connectivity index (χ0v) is 17.3. The lowest BCUT2D eigenvalue weighted by atomic mass is 10.2. The fraction of sp³-hybridized carbons (Fsp3) is 0.250. The molecule has 1 aromatic carbocycles. The van der Waals surface area contributed by atoms with Gasteiger partial charge in [-0.1, -0.05) is 35.9 Å². The second kappa shape index (κ2) is 8.91. The lowest BCUT2D eigenvalue weighted by Crippen LogP contribution is -2.44. The summed E-state index contributed by atoms with van der Waals surface area (Å²) in [7, 11) is 0. The average Bonchev–Trinajstić information content (AvgIpc) is 3.05. The zero-order chi connectivity index (χ0) is 21.8. The maximum Gasteiger partial charge on any atom is 0.269 e. The van der Waals surface area contributed by atoms with Gasteiger partial charge in [0.15, 0.2) is 5.69 Å². The monoisotopic (exact) mass is 428 g/mol. The Morgan fingerprint density at radius 3 is 2.57 bits per heavy atom. The molecule has 3 rings (SSSR count). The minimum absolute atomic E-state index is 0.0965. The molecule has 0 aliphatic carbocycles. The average molecular weight is 429 g/mol. The Hall–Kier alpha value is -3.46. The van der Waals surface area contributed by atoms with Gasteiger partial charge >= 0.3 is 0 Å². The molecule has 2 heterocycles. The smallest absolute Gasteiger partial charge is 0.269 e. The van der Waals surface area contributed by atoms with E-state index in [0.29, 0.717) is 16.7 Å². The number of amides is 3. The summed E-state index contributed by atoms with van der Waals surface area (Å²) in [5.74, 6) is -1.11. The lowest BCUT2D eigenvalue weighted by Gasteiger charge is -2.26. The highest BCUT2D eigenvalue weighted by Gasteiger charge is 2.23. The van der Waals surface area contributed by atoms with E-state index in [1.54, 1.807) is 56.3 Å². The molecule has 10 heteroatoms. The van der Waals surface area contributed by atoms with Gasteiger partial charge in [-0.25, -0.2) is 4.98 Å². The van der Waals surface area contributed by atoms with Gasteiger partial charge in [0, 0.05) is 11.4 Å². The molecule has 0 radical (unpaired) electrons. The predicted molar refractivity (Wildman–Crippen MR) is 113 cm³/mol. The summed E-state index contributed by atoms with van der Waals surface area (Å²) < 4.78 is 1.42. The van der Waals surface area contributed by atoms with E-state index < -0.39 is 11.8 Å². The number of hydrogen-bond donors (Lipinski definition) is 2. The molecule has 0 aliphatic heterocycles. The molecule has 3 amide bonds. The first kappa shape index (κ1) is 21.3. The van der Waals surface area contributed by atoms with Crippen molar-refractivity contribution < 1.29 is 14.4 Å². The van der Waals surface area contributed by atoms with Crippen LogP contribution in [-0.4, -0.2) is 50.0 Å². The van der Waals surface area contributed by atoms with Crippen LogP contribution in [0.1, 0.15) is 24.3 Å². The van der Waals surface area contributed by atoms with Gasteiger partial charge in [0.05, 0.1) is 5.52 Å². The summed E-state index contributed by atoms with van der Waals surface area (Å²) in [5, 5.41) is 7.64. The number of hydrogen-bond acceptors (Lipinski definition) is 5. The minimum atomic E-state index is -0.675. The van der Waals surface area contributed by atoms with Crippen molar-refractivity contribution in [3.05, 3.63) is 53.3 Å². The van der Waals surface area contributed by atoms with Gasteiger partial charge < -0.3 is 16.0 Å². The molecule has 0 atom stereocenters. The van der Waals surface area contributed by atoms with Crippen molar-refractivity contribution in [2.75, 3.05) is 11.9 Å². The summed E-state index contributed by atoms with van der Waals surface area (Å²) in [5.41, 5.74) is 6.11. The van der Waals surface area contributed by atoms with Crippen molar-refractivity contribution in [2.24, 2.45) is 5.73 Å². The topological polar surface area (TPSA) is 123 Å². The molecule has 156 valence electrons. The van der Waals surface area contributed by atoms with Crippen molar-refractivity contribution in [1.82, 2.24) is 19.7 Å². The van der Waals surface area contributed by atoms with E-state index in [1.165, 1.54) is 9.58 Å². The van der Waals surface area contributed by atoms with Crippen LogP contribution < -0.4 is 11.1 Å². The number of nitrogens with one attached hydrogen (secondary N) is 1. The molecule has 0 aliphatic rings. The third-order valence-electron chi connectivity index (χ3n) is 4.42. The quantitative estimate of drug-likeness (QED) is 0.557. The summed E-state index contributed by atoms with van der Waals surface area (Å²) in [6, 6.07) is 11.6. The van der Waals surface area contributed by atoms with Crippen LogP contribution in [-0.2, 0) is 16.1 Å². The van der Waals surface area contributed by atoms with Gasteiger partial charge in [0.25, 0.3) is 5.91 Å². The fourth-order valence-electron chi connectivity index (χ4n) is 3.02. The number of anilines is 1. The molecule has 0 fully saturated rings. The largest absolute Gasteiger partial charge is 0.364 e. The highest BCUT2D eigenvalue weighted by molar-refractivity contribution is 6.29. The normalized spacial score (nSPS) is 10.9. The van der Waals surface area contributed by atoms with Crippen LogP contribution in [0.5, 0.6) is 0 Å². The van der Waals surface area contributed by atoms with Crippen LogP contribution in [0.25, 0.3) is 10.9 Å². The number of halogens is 1. The Balaban J connectivity index is 1.77. The van der Waals surface area contributed by atoms with E-state index in [2.05, 4.69) is 15.4 Å². The molecule has 0 unspecified atom stereocenters. The first-order valence-electron chi connectivity index (χ1n) is 9.23. The number of primary amides is 1. The second-order valence-corrected chi connectivity index (χ2v) is 7.28. The number of benzene rings is 1. The molecule has 0 spiro atoms. The molecule has 0 saturated heterocycles. The highest BCUT2D eigenvalue weighted by Crippen LogP contribution is 2.18. The summed E-state index contributed by atoms with van der Waals surface area (Å²) in [6.45, 7) is 3.29. The second-order valence-electron chi connectivity index (χ2n) is 6.90. The number of pyridine rings is 1. The molecule has 0 saturated carbocycles.